The molecule has 34 heavy (non-hydrogen) atoms. The maximum atomic E-state index is 14.2. The Hall–Kier alpha value is -3.80. The summed E-state index contributed by atoms with van der Waals surface area (Å²) in [7, 11) is -4.01. The van der Waals surface area contributed by atoms with Crippen LogP contribution in [-0.4, -0.2) is 36.6 Å². The Bertz CT molecular complexity index is 1320. The Balaban J connectivity index is 0.000000945. The van der Waals surface area contributed by atoms with Crippen molar-refractivity contribution in [3.63, 3.8) is 0 Å². The van der Waals surface area contributed by atoms with Crippen LogP contribution in [0.25, 0.3) is 11.1 Å². The molecule has 0 saturated carbocycles. The highest BCUT2D eigenvalue weighted by Gasteiger charge is 2.33. The van der Waals surface area contributed by atoms with Crippen molar-refractivity contribution in [2.45, 2.75) is 18.0 Å². The monoisotopic (exact) mass is 498 g/mol. The van der Waals surface area contributed by atoms with E-state index in [9.17, 15) is 30.8 Å². The summed E-state index contributed by atoms with van der Waals surface area (Å²) < 4.78 is 77.2. The molecule has 180 valence electrons. The number of nitrogens with zero attached hydrogens (tertiary/aromatic N) is 1. The zero-order chi connectivity index (χ0) is 25.7. The molecular weight excluding hydrogens is 480 g/mol. The fourth-order valence-electron chi connectivity index (χ4n) is 2.71. The first kappa shape index (κ1) is 26.5. The SMILES string of the molecule is CC(=O)O.CS(=O)(=O)c1cc(C(=O)Nc2cnccc2-c2ccccc2F)cc(C(F)(F)F)c1. The number of carboxylic acids is 1. The van der Waals surface area contributed by atoms with E-state index in [-0.39, 0.29) is 16.8 Å². The van der Waals surface area contributed by atoms with Gasteiger partial charge in [-0.15, -0.1) is 0 Å². The van der Waals surface area contributed by atoms with Gasteiger partial charge in [-0.1, -0.05) is 18.2 Å². The first-order chi connectivity index (χ1) is 15.7. The zero-order valence-electron chi connectivity index (χ0n) is 17.7. The Morgan fingerprint density at radius 1 is 1.03 bits per heavy atom. The Morgan fingerprint density at radius 2 is 1.65 bits per heavy atom. The molecule has 1 aromatic heterocycles. The fourth-order valence-corrected chi connectivity index (χ4v) is 3.39. The average Bonchev–Trinajstić information content (AvgIpc) is 2.73. The number of aliphatic carboxylic acids is 1. The van der Waals surface area contributed by atoms with Crippen molar-refractivity contribution in [3.05, 3.63) is 77.9 Å². The number of halogens is 4. The number of nitrogens with one attached hydrogen (secondary N) is 1. The number of sulfone groups is 1. The molecule has 12 heteroatoms. The molecule has 0 aliphatic carbocycles. The third-order valence-corrected chi connectivity index (χ3v) is 5.25. The molecule has 0 atom stereocenters. The van der Waals surface area contributed by atoms with Gasteiger partial charge in [-0.3, -0.25) is 14.6 Å². The summed E-state index contributed by atoms with van der Waals surface area (Å²) in [5, 5.41) is 9.80. The van der Waals surface area contributed by atoms with E-state index < -0.39 is 49.7 Å². The number of pyridine rings is 1. The number of carboxylic acid groups (broad SMARTS) is 1. The molecule has 0 saturated heterocycles. The molecule has 0 aliphatic rings. The molecule has 3 rings (SSSR count). The largest absolute Gasteiger partial charge is 0.481 e. The molecule has 0 unspecified atom stereocenters. The zero-order valence-corrected chi connectivity index (χ0v) is 18.5. The lowest BCUT2D eigenvalue weighted by Gasteiger charge is -2.14. The summed E-state index contributed by atoms with van der Waals surface area (Å²) in [5.41, 5.74) is -1.35. The predicted octanol–water partition coefficient (Wildman–Crippen LogP) is 4.65. The molecule has 2 N–H and O–H groups in total. The Kier molecular flexibility index (Phi) is 8.11. The fraction of sp³-hybridized carbons (Fsp3) is 0.136. The number of hydrogen-bond acceptors (Lipinski definition) is 5. The van der Waals surface area contributed by atoms with Gasteiger partial charge in [0.25, 0.3) is 11.9 Å². The number of hydrogen-bond donors (Lipinski definition) is 2. The van der Waals surface area contributed by atoms with Crippen LogP contribution in [0.1, 0.15) is 22.8 Å². The standard InChI is InChI=1S/C20H14F4N2O3S.C2H4O2/c1-30(28,29)14-9-12(8-13(10-14)20(22,23)24)19(27)26-18-11-25-7-6-16(18)15-4-2-3-5-17(15)21;1-2(3)4/h2-11H,1H3,(H,26,27);1H3,(H,3,4). The molecule has 2 aromatic carbocycles. The van der Waals surface area contributed by atoms with Crippen molar-refractivity contribution in [2.75, 3.05) is 11.6 Å². The molecule has 0 fully saturated rings. The van der Waals surface area contributed by atoms with Crippen molar-refractivity contribution >= 4 is 27.4 Å². The van der Waals surface area contributed by atoms with Gasteiger partial charge >= 0.3 is 6.18 Å². The van der Waals surface area contributed by atoms with Crippen molar-refractivity contribution in [3.8, 4) is 11.1 Å². The van der Waals surface area contributed by atoms with Crippen LogP contribution >= 0.6 is 0 Å². The van der Waals surface area contributed by atoms with Crippen LogP contribution in [0.3, 0.4) is 0 Å². The number of benzene rings is 2. The van der Waals surface area contributed by atoms with Gasteiger partial charge in [-0.25, -0.2) is 12.8 Å². The van der Waals surface area contributed by atoms with Gasteiger partial charge in [0.1, 0.15) is 5.82 Å². The Labute approximate surface area is 192 Å². The second-order valence-electron chi connectivity index (χ2n) is 6.89. The summed E-state index contributed by atoms with van der Waals surface area (Å²) >= 11 is 0. The number of amides is 1. The van der Waals surface area contributed by atoms with Gasteiger partial charge in [0, 0.05) is 36.1 Å². The highest BCUT2D eigenvalue weighted by molar-refractivity contribution is 7.90. The number of anilines is 1. The molecule has 0 spiro atoms. The smallest absolute Gasteiger partial charge is 0.416 e. The van der Waals surface area contributed by atoms with Gasteiger partial charge in [0.2, 0.25) is 0 Å². The molecule has 0 aliphatic heterocycles. The third-order valence-electron chi connectivity index (χ3n) is 4.16. The van der Waals surface area contributed by atoms with Gasteiger partial charge in [-0.05, 0) is 30.3 Å². The number of rotatable bonds is 4. The lowest BCUT2D eigenvalue weighted by Crippen LogP contribution is -2.16. The topological polar surface area (TPSA) is 113 Å². The molecule has 1 heterocycles. The Morgan fingerprint density at radius 3 is 2.21 bits per heavy atom. The lowest BCUT2D eigenvalue weighted by atomic mass is 10.0. The molecule has 7 nitrogen and oxygen atoms in total. The van der Waals surface area contributed by atoms with Crippen molar-refractivity contribution in [1.82, 2.24) is 4.98 Å². The van der Waals surface area contributed by atoms with Crippen LogP contribution in [-0.2, 0) is 20.8 Å². The van der Waals surface area contributed by atoms with Crippen LogP contribution in [0.15, 0.2) is 65.8 Å². The van der Waals surface area contributed by atoms with E-state index in [0.717, 1.165) is 19.2 Å². The highest BCUT2D eigenvalue weighted by atomic mass is 32.2. The van der Waals surface area contributed by atoms with E-state index in [0.29, 0.717) is 12.1 Å². The van der Waals surface area contributed by atoms with Crippen LogP contribution in [0, 0.1) is 5.82 Å². The van der Waals surface area contributed by atoms with E-state index in [1.165, 1.54) is 36.7 Å². The maximum Gasteiger partial charge on any atom is 0.416 e. The second-order valence-corrected chi connectivity index (χ2v) is 8.91. The second kappa shape index (κ2) is 10.4. The van der Waals surface area contributed by atoms with Gasteiger partial charge in [0.05, 0.1) is 22.3 Å². The average molecular weight is 498 g/mol. The first-order valence-electron chi connectivity index (χ1n) is 9.32. The maximum absolute atomic E-state index is 14.2. The van der Waals surface area contributed by atoms with Crippen LogP contribution in [0.5, 0.6) is 0 Å². The number of carbonyl (C=O) groups excluding carboxylic acids is 1. The molecule has 0 bridgehead atoms. The molecule has 3 aromatic rings. The van der Waals surface area contributed by atoms with Crippen molar-refractivity contribution in [2.24, 2.45) is 0 Å². The van der Waals surface area contributed by atoms with Crippen molar-refractivity contribution in [1.29, 1.82) is 0 Å². The quantitative estimate of drug-likeness (QED) is 0.506. The van der Waals surface area contributed by atoms with E-state index in [4.69, 9.17) is 9.90 Å². The van der Waals surface area contributed by atoms with E-state index >= 15 is 0 Å². The van der Waals surface area contributed by atoms with Crippen LogP contribution in [0.4, 0.5) is 23.2 Å². The summed E-state index contributed by atoms with van der Waals surface area (Å²) in [6.07, 6.45) is -1.54. The van der Waals surface area contributed by atoms with Crippen LogP contribution in [0.2, 0.25) is 0 Å². The molecule has 1 amide bonds. The minimum absolute atomic E-state index is 0.0471. The van der Waals surface area contributed by atoms with E-state index in [2.05, 4.69) is 10.3 Å². The summed E-state index contributed by atoms with van der Waals surface area (Å²) in [5.74, 6) is -2.41. The van der Waals surface area contributed by atoms with Crippen molar-refractivity contribution < 1.29 is 40.7 Å². The summed E-state index contributed by atoms with van der Waals surface area (Å²) in [6, 6.07) is 9.02. The van der Waals surface area contributed by atoms with E-state index in [1.807, 2.05) is 0 Å². The molecular formula is C22H18F4N2O5S. The summed E-state index contributed by atoms with van der Waals surface area (Å²) in [4.78, 5) is 24.8. The van der Waals surface area contributed by atoms with Gasteiger partial charge in [-0.2, -0.15) is 13.2 Å². The molecule has 0 radical (unpaired) electrons. The lowest BCUT2D eigenvalue weighted by molar-refractivity contribution is -0.138. The normalized spacial score (nSPS) is 11.2. The highest BCUT2D eigenvalue weighted by Crippen LogP contribution is 2.33. The number of aromatic nitrogens is 1. The van der Waals surface area contributed by atoms with E-state index in [1.54, 1.807) is 6.07 Å². The number of carbonyl (C=O) groups is 2. The number of alkyl halides is 3. The van der Waals surface area contributed by atoms with Crippen LogP contribution < -0.4 is 5.32 Å². The minimum Gasteiger partial charge on any atom is -0.481 e. The first-order valence-corrected chi connectivity index (χ1v) is 11.2. The third kappa shape index (κ3) is 7.10. The minimum atomic E-state index is -4.86. The predicted molar refractivity (Wildman–Crippen MR) is 115 cm³/mol. The van der Waals surface area contributed by atoms with Gasteiger partial charge < -0.3 is 10.4 Å². The van der Waals surface area contributed by atoms with Gasteiger partial charge in [0.15, 0.2) is 9.84 Å². The summed E-state index contributed by atoms with van der Waals surface area (Å²) in [6.45, 7) is 1.08.